The van der Waals surface area contributed by atoms with Crippen LogP contribution >= 0.6 is 23.1 Å². The molecule has 0 bridgehead atoms. The third-order valence-corrected chi connectivity index (χ3v) is 8.14. The predicted octanol–water partition coefficient (Wildman–Crippen LogP) is 6.71. The van der Waals surface area contributed by atoms with Crippen molar-refractivity contribution < 1.29 is 28.7 Å². The third-order valence-electron chi connectivity index (χ3n) is 5.92. The van der Waals surface area contributed by atoms with Crippen LogP contribution in [-0.4, -0.2) is 52.8 Å². The first-order chi connectivity index (χ1) is 19.1. The van der Waals surface area contributed by atoms with E-state index in [1.54, 1.807) is 18.7 Å². The Balaban J connectivity index is 1.74. The number of hydrogen-bond acceptors (Lipinski definition) is 8. The highest BCUT2D eigenvalue weighted by Crippen LogP contribution is 2.39. The molecule has 41 heavy (non-hydrogen) atoms. The molecule has 0 aliphatic carbocycles. The van der Waals surface area contributed by atoms with Crippen molar-refractivity contribution in [3.05, 3.63) is 40.3 Å². The number of esters is 1. The summed E-state index contributed by atoms with van der Waals surface area (Å²) in [6.07, 6.45) is 0.432. The number of amides is 3. The van der Waals surface area contributed by atoms with Crippen LogP contribution in [0, 0.1) is 5.41 Å². The topological polar surface area (TPSA) is 114 Å². The molecular formula is C30H41N3O6S2. The fourth-order valence-corrected chi connectivity index (χ4v) is 6.38. The maximum Gasteiger partial charge on any atom is 0.410 e. The zero-order chi connectivity index (χ0) is 30.5. The number of thiophene rings is 1. The first kappa shape index (κ1) is 32.5. The third kappa shape index (κ3) is 9.49. The summed E-state index contributed by atoms with van der Waals surface area (Å²) in [7, 11) is 0. The highest BCUT2D eigenvalue weighted by molar-refractivity contribution is 8.00. The van der Waals surface area contributed by atoms with Crippen LogP contribution in [0.4, 0.5) is 15.5 Å². The Morgan fingerprint density at radius 1 is 1.10 bits per heavy atom. The van der Waals surface area contributed by atoms with Crippen molar-refractivity contribution in [1.82, 2.24) is 4.90 Å². The van der Waals surface area contributed by atoms with Crippen LogP contribution in [0.5, 0.6) is 0 Å². The van der Waals surface area contributed by atoms with E-state index in [4.69, 9.17) is 9.47 Å². The highest BCUT2D eigenvalue weighted by atomic mass is 32.2. The average Bonchev–Trinajstić information content (AvgIpc) is 3.19. The summed E-state index contributed by atoms with van der Waals surface area (Å²) < 4.78 is 10.8. The Hall–Kier alpha value is -3.05. The molecule has 3 amide bonds. The van der Waals surface area contributed by atoms with E-state index in [-0.39, 0.29) is 30.4 Å². The number of benzene rings is 1. The standard InChI is InChI=1S/C30H41N3O6S2/c1-9-38-27(36)24-21-13-14-33(28(37)39-30(6,7)8)17-22(21)41-26(24)32-25(35)18(2)40-20-12-10-11-19(15-20)31-23(34)16-29(3,4)5/h10-12,15,18H,9,13-14,16-17H2,1-8H3,(H,31,34)(H,32,35). The molecule has 0 spiro atoms. The van der Waals surface area contributed by atoms with Crippen molar-refractivity contribution in [3.63, 3.8) is 0 Å². The molecule has 1 aromatic carbocycles. The van der Waals surface area contributed by atoms with Crippen LogP contribution in [0.25, 0.3) is 0 Å². The van der Waals surface area contributed by atoms with E-state index in [9.17, 15) is 19.2 Å². The van der Waals surface area contributed by atoms with Crippen molar-refractivity contribution >= 4 is 57.7 Å². The molecule has 2 aromatic rings. The van der Waals surface area contributed by atoms with E-state index in [0.717, 1.165) is 15.3 Å². The second kappa shape index (κ2) is 13.3. The maximum atomic E-state index is 13.3. The van der Waals surface area contributed by atoms with Gasteiger partial charge in [0.05, 0.1) is 24.0 Å². The molecule has 1 aliphatic rings. The molecule has 3 rings (SSSR count). The smallest absolute Gasteiger partial charge is 0.410 e. The van der Waals surface area contributed by atoms with E-state index in [1.165, 1.54) is 23.1 Å². The Bertz CT molecular complexity index is 1290. The fraction of sp³-hybridized carbons (Fsp3) is 0.533. The number of anilines is 2. The number of hydrogen-bond donors (Lipinski definition) is 2. The Morgan fingerprint density at radius 2 is 1.80 bits per heavy atom. The molecule has 0 saturated carbocycles. The molecule has 1 unspecified atom stereocenters. The van der Waals surface area contributed by atoms with Crippen molar-refractivity contribution in [1.29, 1.82) is 0 Å². The lowest BCUT2D eigenvalue weighted by Crippen LogP contribution is -2.39. The van der Waals surface area contributed by atoms with E-state index in [2.05, 4.69) is 10.6 Å². The van der Waals surface area contributed by atoms with Gasteiger partial charge in [0.1, 0.15) is 10.6 Å². The minimum Gasteiger partial charge on any atom is -0.462 e. The Labute approximate surface area is 250 Å². The van der Waals surface area contributed by atoms with Gasteiger partial charge >= 0.3 is 12.1 Å². The zero-order valence-electron chi connectivity index (χ0n) is 25.1. The molecule has 2 N–H and O–H groups in total. The number of ether oxygens (including phenoxy) is 2. The van der Waals surface area contributed by atoms with Gasteiger partial charge in [-0.1, -0.05) is 26.8 Å². The van der Waals surface area contributed by atoms with Crippen LogP contribution in [0.2, 0.25) is 0 Å². The second-order valence-corrected chi connectivity index (χ2v) is 14.7. The molecule has 0 fully saturated rings. The molecule has 11 heteroatoms. The number of nitrogens with zero attached hydrogens (tertiary/aromatic N) is 1. The SMILES string of the molecule is CCOC(=O)c1c(NC(=O)C(C)Sc2cccc(NC(=O)CC(C)(C)C)c2)sc2c1CCN(C(=O)OC(C)(C)C)C2. The lowest BCUT2D eigenvalue weighted by atomic mass is 9.92. The molecule has 9 nitrogen and oxygen atoms in total. The van der Waals surface area contributed by atoms with Gasteiger partial charge in [-0.05, 0) is 70.2 Å². The number of rotatable bonds is 8. The lowest BCUT2D eigenvalue weighted by molar-refractivity contribution is -0.118. The Kier molecular flexibility index (Phi) is 10.5. The fourth-order valence-electron chi connectivity index (χ4n) is 4.20. The van der Waals surface area contributed by atoms with Gasteiger partial charge < -0.3 is 25.0 Å². The molecule has 224 valence electrons. The van der Waals surface area contributed by atoms with Gasteiger partial charge in [-0.25, -0.2) is 9.59 Å². The normalized spacial score (nSPS) is 14.1. The minimum absolute atomic E-state index is 0.0659. The zero-order valence-corrected chi connectivity index (χ0v) is 26.8. The van der Waals surface area contributed by atoms with Crippen molar-refractivity contribution in [2.45, 2.75) is 90.5 Å². The van der Waals surface area contributed by atoms with Crippen LogP contribution in [0.3, 0.4) is 0 Å². The number of nitrogens with one attached hydrogen (secondary N) is 2. The van der Waals surface area contributed by atoms with Gasteiger partial charge in [0.15, 0.2) is 0 Å². The van der Waals surface area contributed by atoms with Gasteiger partial charge in [0, 0.05) is 28.4 Å². The molecule has 2 heterocycles. The predicted molar refractivity (Wildman–Crippen MR) is 164 cm³/mol. The van der Waals surface area contributed by atoms with Crippen LogP contribution in [0.15, 0.2) is 29.2 Å². The van der Waals surface area contributed by atoms with E-state index in [1.807, 2.05) is 65.8 Å². The van der Waals surface area contributed by atoms with E-state index in [0.29, 0.717) is 35.6 Å². The summed E-state index contributed by atoms with van der Waals surface area (Å²) >= 11 is 2.63. The van der Waals surface area contributed by atoms with Crippen molar-refractivity contribution in [3.8, 4) is 0 Å². The molecule has 1 aliphatic heterocycles. The molecule has 0 saturated heterocycles. The highest BCUT2D eigenvalue weighted by Gasteiger charge is 2.33. The summed E-state index contributed by atoms with van der Waals surface area (Å²) in [6, 6.07) is 7.38. The summed E-state index contributed by atoms with van der Waals surface area (Å²) in [6.45, 7) is 15.9. The molecular weight excluding hydrogens is 562 g/mol. The van der Waals surface area contributed by atoms with Crippen molar-refractivity contribution in [2.24, 2.45) is 5.41 Å². The van der Waals surface area contributed by atoms with Gasteiger partial charge in [0.25, 0.3) is 0 Å². The van der Waals surface area contributed by atoms with Gasteiger partial charge in [0.2, 0.25) is 11.8 Å². The first-order valence-corrected chi connectivity index (χ1v) is 15.4. The minimum atomic E-state index is -0.618. The summed E-state index contributed by atoms with van der Waals surface area (Å²) in [4.78, 5) is 54.5. The van der Waals surface area contributed by atoms with Crippen molar-refractivity contribution in [2.75, 3.05) is 23.8 Å². The van der Waals surface area contributed by atoms with E-state index < -0.39 is 22.9 Å². The summed E-state index contributed by atoms with van der Waals surface area (Å²) in [5.41, 5.74) is 1.07. The van der Waals surface area contributed by atoms with Gasteiger partial charge in [-0.3, -0.25) is 9.59 Å². The van der Waals surface area contributed by atoms with Crippen LogP contribution in [-0.2, 0) is 32.0 Å². The monoisotopic (exact) mass is 603 g/mol. The lowest BCUT2D eigenvalue weighted by Gasteiger charge is -2.30. The van der Waals surface area contributed by atoms with E-state index >= 15 is 0 Å². The number of carbonyl (C=O) groups is 4. The number of thioether (sulfide) groups is 1. The number of carbonyl (C=O) groups excluding carboxylic acids is 4. The largest absolute Gasteiger partial charge is 0.462 e. The number of fused-ring (bicyclic) bond motifs is 1. The van der Waals surface area contributed by atoms with Gasteiger partial charge in [-0.2, -0.15) is 0 Å². The summed E-state index contributed by atoms with van der Waals surface area (Å²) in [5, 5.41) is 5.78. The van der Waals surface area contributed by atoms with Crippen LogP contribution in [0.1, 0.15) is 82.6 Å². The first-order valence-electron chi connectivity index (χ1n) is 13.7. The Morgan fingerprint density at radius 3 is 2.44 bits per heavy atom. The average molecular weight is 604 g/mol. The molecule has 0 radical (unpaired) electrons. The van der Waals surface area contributed by atoms with Gasteiger partial charge in [-0.15, -0.1) is 23.1 Å². The molecule has 1 atom stereocenters. The van der Waals surface area contributed by atoms with Crippen LogP contribution < -0.4 is 10.6 Å². The molecule has 1 aromatic heterocycles. The quantitative estimate of drug-likeness (QED) is 0.255. The summed E-state index contributed by atoms with van der Waals surface area (Å²) in [5.74, 6) is -0.834. The second-order valence-electron chi connectivity index (χ2n) is 12.1. The maximum absolute atomic E-state index is 13.3.